The number of carbonyl (C=O) groups is 1. The number of Topliss-reactive ketones (excluding diaryl/α,β-unsaturated/α-hetero) is 1. The fourth-order valence-corrected chi connectivity index (χ4v) is 4.08. The molecule has 1 N–H and O–H groups in total. The second-order valence-electron chi connectivity index (χ2n) is 7.43. The third kappa shape index (κ3) is 2.80. The number of fused-ring (bicyclic) bond motifs is 1. The molecule has 3 aromatic rings. The van der Waals surface area contributed by atoms with Gasteiger partial charge in [0.15, 0.2) is 0 Å². The molecule has 2 aromatic heterocycles. The number of nitrogens with one attached hydrogen (secondary N) is 1. The summed E-state index contributed by atoms with van der Waals surface area (Å²) in [5.74, 6) is -0.257. The average Bonchev–Trinajstić information content (AvgIpc) is 3.07. The Balaban J connectivity index is 1.80. The highest BCUT2D eigenvalue weighted by atomic mass is 19.1. The van der Waals surface area contributed by atoms with Crippen molar-refractivity contribution < 1.29 is 9.18 Å². The van der Waals surface area contributed by atoms with Crippen LogP contribution < -0.4 is 5.56 Å². The van der Waals surface area contributed by atoms with Crippen molar-refractivity contribution >= 4 is 16.7 Å². The number of ketones is 1. The van der Waals surface area contributed by atoms with Gasteiger partial charge in [0.1, 0.15) is 11.6 Å². The Kier molecular flexibility index (Phi) is 4.21. The number of hydrogen-bond acceptors (Lipinski definition) is 3. The summed E-state index contributed by atoms with van der Waals surface area (Å²) in [4.78, 5) is 28.1. The third-order valence-electron chi connectivity index (χ3n) is 5.77. The highest BCUT2D eigenvalue weighted by Crippen LogP contribution is 2.35. The van der Waals surface area contributed by atoms with E-state index in [-0.39, 0.29) is 17.2 Å². The van der Waals surface area contributed by atoms with E-state index in [1.807, 2.05) is 19.9 Å². The van der Waals surface area contributed by atoms with Crippen LogP contribution >= 0.6 is 0 Å². The number of aromatic nitrogens is 3. The van der Waals surface area contributed by atoms with E-state index >= 15 is 0 Å². The molecule has 1 fully saturated rings. The van der Waals surface area contributed by atoms with Crippen molar-refractivity contribution in [2.75, 3.05) is 0 Å². The second kappa shape index (κ2) is 6.44. The molecule has 0 saturated heterocycles. The molecule has 6 heteroatoms. The molecule has 0 unspecified atom stereocenters. The topological polar surface area (TPSA) is 67.8 Å². The summed E-state index contributed by atoms with van der Waals surface area (Å²) >= 11 is 0. The summed E-state index contributed by atoms with van der Waals surface area (Å²) < 4.78 is 16.2. The summed E-state index contributed by atoms with van der Waals surface area (Å²) in [7, 11) is 0. The summed E-state index contributed by atoms with van der Waals surface area (Å²) in [6.45, 7) is 4.42. The van der Waals surface area contributed by atoms with Crippen molar-refractivity contribution in [1.82, 2.24) is 14.8 Å². The Bertz CT molecular complexity index is 1100. The van der Waals surface area contributed by atoms with Gasteiger partial charge in [0.05, 0.1) is 22.5 Å². The maximum absolute atomic E-state index is 14.5. The van der Waals surface area contributed by atoms with Crippen LogP contribution in [-0.2, 0) is 16.8 Å². The molecule has 1 atom stereocenters. The maximum Gasteiger partial charge on any atom is 0.252 e. The van der Waals surface area contributed by atoms with E-state index in [2.05, 4.69) is 10.1 Å². The maximum atomic E-state index is 14.5. The summed E-state index contributed by atoms with van der Waals surface area (Å²) in [5, 5.41) is 4.65. The molecule has 140 valence electrons. The van der Waals surface area contributed by atoms with Crippen molar-refractivity contribution in [3.8, 4) is 11.3 Å². The standard InChI is InChI=1S/C21H22FN3O2/c1-3-25-18-11-13(10-16(22)14(18)12-23-25)17-8-7-15(20(27)24-17)21(2)9-5-4-6-19(21)26/h7-8,10-12H,3-6,9H2,1-2H3,(H,24,27)/t21-/m1/s1. The summed E-state index contributed by atoms with van der Waals surface area (Å²) in [5.41, 5.74) is 1.28. The number of benzene rings is 1. The lowest BCUT2D eigenvalue weighted by Crippen LogP contribution is -2.40. The molecular weight excluding hydrogens is 345 g/mol. The fraction of sp³-hybridized carbons (Fsp3) is 0.381. The molecule has 0 amide bonds. The van der Waals surface area contributed by atoms with E-state index < -0.39 is 5.41 Å². The second-order valence-corrected chi connectivity index (χ2v) is 7.43. The van der Waals surface area contributed by atoms with E-state index in [1.165, 1.54) is 12.3 Å². The molecule has 5 nitrogen and oxygen atoms in total. The van der Waals surface area contributed by atoms with Crippen LogP contribution in [0.3, 0.4) is 0 Å². The Hall–Kier alpha value is -2.76. The third-order valence-corrected chi connectivity index (χ3v) is 5.77. The first kappa shape index (κ1) is 17.6. The molecule has 1 aliphatic rings. The van der Waals surface area contributed by atoms with Crippen LogP contribution in [0, 0.1) is 5.82 Å². The Morgan fingerprint density at radius 3 is 2.78 bits per heavy atom. The predicted molar refractivity (Wildman–Crippen MR) is 102 cm³/mol. The van der Waals surface area contributed by atoms with Crippen molar-refractivity contribution in [1.29, 1.82) is 0 Å². The van der Waals surface area contributed by atoms with Gasteiger partial charge in [0.2, 0.25) is 0 Å². The first-order chi connectivity index (χ1) is 12.9. The fourth-order valence-electron chi connectivity index (χ4n) is 4.08. The van der Waals surface area contributed by atoms with Gasteiger partial charge in [-0.15, -0.1) is 0 Å². The molecule has 1 aliphatic carbocycles. The van der Waals surface area contributed by atoms with Crippen molar-refractivity contribution in [3.63, 3.8) is 0 Å². The Morgan fingerprint density at radius 1 is 1.26 bits per heavy atom. The lowest BCUT2D eigenvalue weighted by atomic mass is 9.70. The van der Waals surface area contributed by atoms with Gasteiger partial charge in [-0.25, -0.2) is 4.39 Å². The van der Waals surface area contributed by atoms with Gasteiger partial charge in [-0.3, -0.25) is 14.3 Å². The average molecular weight is 367 g/mol. The highest BCUT2D eigenvalue weighted by Gasteiger charge is 2.38. The largest absolute Gasteiger partial charge is 0.322 e. The molecular formula is C21H22FN3O2. The number of pyridine rings is 1. The van der Waals surface area contributed by atoms with E-state index in [0.717, 1.165) is 12.8 Å². The monoisotopic (exact) mass is 367 g/mol. The van der Waals surface area contributed by atoms with Crippen molar-refractivity contribution in [2.45, 2.75) is 51.5 Å². The van der Waals surface area contributed by atoms with Crippen LogP contribution in [0.15, 0.2) is 35.3 Å². The molecule has 27 heavy (non-hydrogen) atoms. The van der Waals surface area contributed by atoms with Gasteiger partial charge in [0.25, 0.3) is 5.56 Å². The summed E-state index contributed by atoms with van der Waals surface area (Å²) in [6.07, 6.45) is 4.53. The van der Waals surface area contributed by atoms with E-state index in [1.54, 1.807) is 16.8 Å². The zero-order valence-electron chi connectivity index (χ0n) is 15.5. The number of carbonyl (C=O) groups excluding carboxylic acids is 1. The first-order valence-corrected chi connectivity index (χ1v) is 9.36. The molecule has 0 radical (unpaired) electrons. The van der Waals surface area contributed by atoms with Crippen LogP contribution in [-0.4, -0.2) is 20.5 Å². The van der Waals surface area contributed by atoms with E-state index in [0.29, 0.717) is 47.1 Å². The summed E-state index contributed by atoms with van der Waals surface area (Å²) in [6, 6.07) is 6.71. The zero-order valence-corrected chi connectivity index (χ0v) is 15.5. The minimum atomic E-state index is -0.736. The number of halogens is 1. The molecule has 0 spiro atoms. The van der Waals surface area contributed by atoms with Gasteiger partial charge in [-0.2, -0.15) is 5.10 Å². The van der Waals surface area contributed by atoms with Crippen molar-refractivity contribution in [2.24, 2.45) is 0 Å². The number of H-pyrrole nitrogens is 1. The number of aromatic amines is 1. The lowest BCUT2D eigenvalue weighted by molar-refractivity contribution is -0.125. The quantitative estimate of drug-likeness (QED) is 0.762. The normalized spacial score (nSPS) is 20.3. The van der Waals surface area contributed by atoms with Gasteiger partial charge >= 0.3 is 0 Å². The van der Waals surface area contributed by atoms with Crippen LogP contribution in [0.25, 0.3) is 22.2 Å². The minimum Gasteiger partial charge on any atom is -0.322 e. The van der Waals surface area contributed by atoms with Gasteiger partial charge in [0, 0.05) is 29.8 Å². The molecule has 0 aliphatic heterocycles. The number of nitrogens with zero attached hydrogens (tertiary/aromatic N) is 2. The lowest BCUT2D eigenvalue weighted by Gasteiger charge is -2.31. The number of aryl methyl sites for hydroxylation is 1. The van der Waals surface area contributed by atoms with E-state index in [4.69, 9.17) is 0 Å². The Morgan fingerprint density at radius 2 is 2.07 bits per heavy atom. The van der Waals surface area contributed by atoms with Crippen LogP contribution in [0.4, 0.5) is 4.39 Å². The molecule has 4 rings (SSSR count). The number of rotatable bonds is 3. The zero-order chi connectivity index (χ0) is 19.2. The Labute approximate surface area is 156 Å². The number of hydrogen-bond donors (Lipinski definition) is 1. The molecule has 1 aromatic carbocycles. The minimum absolute atomic E-state index is 0.117. The van der Waals surface area contributed by atoms with Crippen LogP contribution in [0.1, 0.15) is 45.1 Å². The molecule has 2 heterocycles. The molecule has 1 saturated carbocycles. The predicted octanol–water partition coefficient (Wildman–Crippen LogP) is 3.95. The van der Waals surface area contributed by atoms with Gasteiger partial charge in [-0.05, 0) is 44.9 Å². The SMILES string of the molecule is CCn1ncc2c(F)cc(-c3ccc([C@@]4(C)CCCCC4=O)c(=O)[nH]3)cc21. The van der Waals surface area contributed by atoms with Gasteiger partial charge < -0.3 is 4.98 Å². The molecule has 0 bridgehead atoms. The first-order valence-electron chi connectivity index (χ1n) is 9.36. The van der Waals surface area contributed by atoms with E-state index in [9.17, 15) is 14.0 Å². The van der Waals surface area contributed by atoms with Crippen LogP contribution in [0.2, 0.25) is 0 Å². The smallest absolute Gasteiger partial charge is 0.252 e. The van der Waals surface area contributed by atoms with Crippen molar-refractivity contribution in [3.05, 3.63) is 52.2 Å². The van der Waals surface area contributed by atoms with Gasteiger partial charge in [-0.1, -0.05) is 12.5 Å². The highest BCUT2D eigenvalue weighted by molar-refractivity contribution is 5.90. The van der Waals surface area contributed by atoms with Crippen LogP contribution in [0.5, 0.6) is 0 Å².